The van der Waals surface area contributed by atoms with E-state index in [1.54, 1.807) is 12.1 Å². The largest absolute Gasteiger partial charge is 0.396 e. The predicted molar refractivity (Wildman–Crippen MR) is 134 cm³/mol. The molecule has 2 aliphatic rings. The van der Waals surface area contributed by atoms with Crippen molar-refractivity contribution in [3.05, 3.63) is 72.2 Å². The number of halogens is 1. The second-order valence-electron chi connectivity index (χ2n) is 9.51. The molecular formula is C27H29FN6O. The van der Waals surface area contributed by atoms with Gasteiger partial charge in [0.2, 0.25) is 0 Å². The fraction of sp³-hybridized carbons (Fsp3) is 0.370. The molecule has 1 aromatic carbocycles. The van der Waals surface area contributed by atoms with Crippen molar-refractivity contribution >= 4 is 17.3 Å². The van der Waals surface area contributed by atoms with Crippen LogP contribution in [0.1, 0.15) is 37.3 Å². The minimum atomic E-state index is -0.207. The number of hydrogen-bond acceptors (Lipinski definition) is 6. The Morgan fingerprint density at radius 3 is 2.63 bits per heavy atom. The molecule has 0 unspecified atom stereocenters. The maximum Gasteiger partial charge on any atom is 0.154 e. The second kappa shape index (κ2) is 9.26. The van der Waals surface area contributed by atoms with Crippen molar-refractivity contribution in [3.63, 3.8) is 0 Å². The normalized spacial score (nSPS) is 19.1. The summed E-state index contributed by atoms with van der Waals surface area (Å²) >= 11 is 0. The Labute approximate surface area is 203 Å². The van der Waals surface area contributed by atoms with E-state index in [4.69, 9.17) is 10.1 Å². The highest BCUT2D eigenvalue weighted by molar-refractivity contribution is 5.62. The summed E-state index contributed by atoms with van der Waals surface area (Å²) in [5, 5.41) is 14.4. The summed E-state index contributed by atoms with van der Waals surface area (Å²) < 4.78 is 15.8. The van der Waals surface area contributed by atoms with Crippen LogP contribution in [0.4, 0.5) is 16.0 Å². The molecule has 180 valence electrons. The van der Waals surface area contributed by atoms with Gasteiger partial charge in [-0.2, -0.15) is 0 Å². The lowest BCUT2D eigenvalue weighted by atomic mass is 9.98. The average molecular weight is 473 g/mol. The van der Waals surface area contributed by atoms with Gasteiger partial charge in [0, 0.05) is 26.2 Å². The number of anilines is 2. The van der Waals surface area contributed by atoms with Crippen molar-refractivity contribution in [2.75, 3.05) is 36.0 Å². The van der Waals surface area contributed by atoms with Gasteiger partial charge in [-0.15, -0.1) is 5.10 Å². The summed E-state index contributed by atoms with van der Waals surface area (Å²) in [5.74, 6) is 1.97. The fourth-order valence-corrected chi connectivity index (χ4v) is 5.38. The Balaban J connectivity index is 1.31. The monoisotopic (exact) mass is 472 g/mol. The topological polar surface area (TPSA) is 69.8 Å². The van der Waals surface area contributed by atoms with Crippen molar-refractivity contribution in [1.82, 2.24) is 19.6 Å². The summed E-state index contributed by atoms with van der Waals surface area (Å²) in [7, 11) is 0. The molecule has 0 amide bonds. The summed E-state index contributed by atoms with van der Waals surface area (Å²) in [6.07, 6.45) is 5.78. The van der Waals surface area contributed by atoms with E-state index in [1.807, 2.05) is 47.1 Å². The molecule has 0 aliphatic carbocycles. The summed E-state index contributed by atoms with van der Waals surface area (Å²) in [6.45, 7) is 2.93. The summed E-state index contributed by atoms with van der Waals surface area (Å²) in [4.78, 5) is 14.1. The molecule has 2 aliphatic heterocycles. The third kappa shape index (κ3) is 4.23. The third-order valence-corrected chi connectivity index (χ3v) is 7.32. The smallest absolute Gasteiger partial charge is 0.154 e. The minimum Gasteiger partial charge on any atom is -0.396 e. The van der Waals surface area contributed by atoms with E-state index < -0.39 is 0 Å². The number of nitrogens with zero attached hydrogens (tertiary/aromatic N) is 6. The molecule has 35 heavy (non-hydrogen) atoms. The lowest BCUT2D eigenvalue weighted by Crippen LogP contribution is -2.35. The van der Waals surface area contributed by atoms with Gasteiger partial charge in [0.05, 0.1) is 17.9 Å². The third-order valence-electron chi connectivity index (χ3n) is 7.32. The second-order valence-corrected chi connectivity index (χ2v) is 9.51. The first-order chi connectivity index (χ1) is 17.2. The maximum absolute atomic E-state index is 13.9. The number of hydrogen-bond donors (Lipinski definition) is 1. The first-order valence-corrected chi connectivity index (χ1v) is 12.4. The Bertz CT molecular complexity index is 1330. The Morgan fingerprint density at radius 1 is 0.943 bits per heavy atom. The van der Waals surface area contributed by atoms with Gasteiger partial charge >= 0.3 is 0 Å². The molecule has 0 bridgehead atoms. The molecule has 1 N–H and O–H groups in total. The number of benzene rings is 1. The van der Waals surface area contributed by atoms with Crippen molar-refractivity contribution in [3.8, 4) is 11.4 Å². The van der Waals surface area contributed by atoms with Crippen molar-refractivity contribution in [2.24, 2.45) is 5.92 Å². The number of imidazole rings is 1. The number of rotatable bonds is 5. The molecule has 7 nitrogen and oxygen atoms in total. The highest BCUT2D eigenvalue weighted by Gasteiger charge is 2.28. The SMILES string of the molecule is OCC1CCN(c2cccc(-c3cnc4ccc(N5CCC[C@@H]5c5cccc(F)c5)nn34)n2)CC1. The van der Waals surface area contributed by atoms with Crippen LogP contribution >= 0.6 is 0 Å². The van der Waals surface area contributed by atoms with E-state index in [9.17, 15) is 9.50 Å². The Morgan fingerprint density at radius 2 is 1.80 bits per heavy atom. The van der Waals surface area contributed by atoms with Gasteiger partial charge in [-0.3, -0.25) is 0 Å². The summed E-state index contributed by atoms with van der Waals surface area (Å²) in [6, 6.07) is 17.0. The number of piperidine rings is 1. The van der Waals surface area contributed by atoms with Crippen LogP contribution in [0.3, 0.4) is 0 Å². The van der Waals surface area contributed by atoms with Crippen LogP contribution in [0, 0.1) is 11.7 Å². The number of pyridine rings is 1. The highest BCUT2D eigenvalue weighted by atomic mass is 19.1. The van der Waals surface area contributed by atoms with Gasteiger partial charge in [-0.1, -0.05) is 18.2 Å². The van der Waals surface area contributed by atoms with Gasteiger partial charge in [-0.25, -0.2) is 18.9 Å². The summed E-state index contributed by atoms with van der Waals surface area (Å²) in [5.41, 5.74) is 3.42. The van der Waals surface area contributed by atoms with Crippen LogP contribution in [0.5, 0.6) is 0 Å². The molecular weight excluding hydrogens is 443 g/mol. The first-order valence-electron chi connectivity index (χ1n) is 12.4. The average Bonchev–Trinajstić information content (AvgIpc) is 3.56. The number of aliphatic hydroxyl groups excluding tert-OH is 1. The molecule has 6 rings (SSSR count). The van der Waals surface area contributed by atoms with E-state index in [0.29, 0.717) is 5.92 Å². The number of aromatic nitrogens is 4. The molecule has 1 atom stereocenters. The van der Waals surface area contributed by atoms with Gasteiger partial charge < -0.3 is 14.9 Å². The Kier molecular flexibility index (Phi) is 5.82. The van der Waals surface area contributed by atoms with Crippen LogP contribution in [0.25, 0.3) is 17.0 Å². The van der Waals surface area contributed by atoms with Crippen molar-refractivity contribution < 1.29 is 9.50 Å². The molecule has 2 saturated heterocycles. The van der Waals surface area contributed by atoms with Crippen LogP contribution in [0.2, 0.25) is 0 Å². The zero-order valence-electron chi connectivity index (χ0n) is 19.6. The van der Waals surface area contributed by atoms with Crippen LogP contribution in [0.15, 0.2) is 60.8 Å². The van der Waals surface area contributed by atoms with Crippen molar-refractivity contribution in [2.45, 2.75) is 31.7 Å². The zero-order chi connectivity index (χ0) is 23.8. The van der Waals surface area contributed by atoms with Crippen molar-refractivity contribution in [1.29, 1.82) is 0 Å². The quantitative estimate of drug-likeness (QED) is 0.462. The predicted octanol–water partition coefficient (Wildman–Crippen LogP) is 4.48. The van der Waals surface area contributed by atoms with Gasteiger partial charge in [0.15, 0.2) is 5.65 Å². The molecule has 8 heteroatoms. The van der Waals surface area contributed by atoms with E-state index in [0.717, 1.165) is 79.6 Å². The molecule has 3 aromatic heterocycles. The Hall–Kier alpha value is -3.52. The standard InChI is InChI=1S/C27H29FN6O/c28-21-5-1-4-20(16-21)23-7-3-13-33(23)27-10-9-25-29-17-24(34(25)31-27)22-6-2-8-26(30-22)32-14-11-19(18-35)12-15-32/h1-2,4-6,8-10,16-17,19,23,35H,3,7,11-15,18H2/t23-/m1/s1. The van der Waals surface area contributed by atoms with E-state index in [2.05, 4.69) is 14.8 Å². The molecule has 0 radical (unpaired) electrons. The van der Waals surface area contributed by atoms with Crippen LogP contribution in [-0.4, -0.2) is 50.9 Å². The highest BCUT2D eigenvalue weighted by Crippen LogP contribution is 2.36. The maximum atomic E-state index is 13.9. The first kappa shape index (κ1) is 22.0. The zero-order valence-corrected chi connectivity index (χ0v) is 19.6. The van der Waals surface area contributed by atoms with Gasteiger partial charge in [0.1, 0.15) is 23.1 Å². The van der Waals surface area contributed by atoms with Gasteiger partial charge in [0.25, 0.3) is 0 Å². The molecule has 4 aromatic rings. The van der Waals surface area contributed by atoms with Gasteiger partial charge in [-0.05, 0) is 73.6 Å². The molecule has 5 heterocycles. The lowest BCUT2D eigenvalue weighted by molar-refractivity contribution is 0.203. The van der Waals surface area contributed by atoms with E-state index in [-0.39, 0.29) is 18.5 Å². The molecule has 2 fully saturated rings. The van der Waals surface area contributed by atoms with E-state index in [1.165, 1.54) is 6.07 Å². The molecule has 0 spiro atoms. The molecule has 0 saturated carbocycles. The fourth-order valence-electron chi connectivity index (χ4n) is 5.38. The number of fused-ring (bicyclic) bond motifs is 1. The van der Waals surface area contributed by atoms with Crippen LogP contribution in [-0.2, 0) is 0 Å². The van der Waals surface area contributed by atoms with E-state index >= 15 is 0 Å². The lowest BCUT2D eigenvalue weighted by Gasteiger charge is -2.32. The van der Waals surface area contributed by atoms with Crippen LogP contribution < -0.4 is 9.80 Å². The number of aliphatic hydroxyl groups is 1. The minimum absolute atomic E-state index is 0.103.